The zero-order valence-corrected chi connectivity index (χ0v) is 20.4. The van der Waals surface area contributed by atoms with Gasteiger partial charge in [0.05, 0.1) is 34.1 Å². The minimum atomic E-state index is -0.389. The molecule has 0 aliphatic heterocycles. The van der Waals surface area contributed by atoms with E-state index in [4.69, 9.17) is 18.9 Å². The molecule has 0 aliphatic carbocycles. The monoisotopic (exact) mass is 470 g/mol. The van der Waals surface area contributed by atoms with Crippen LogP contribution in [0.5, 0.6) is 23.0 Å². The predicted molar refractivity (Wildman–Crippen MR) is 128 cm³/mol. The van der Waals surface area contributed by atoms with Gasteiger partial charge in [0, 0.05) is 17.0 Å². The van der Waals surface area contributed by atoms with Crippen molar-refractivity contribution in [2.45, 2.75) is 26.3 Å². The third kappa shape index (κ3) is 4.91. The standard InChI is InChI=1S/C24H31N5O5/c1-7-13(2)20(25)24(30)26-16-10-14(8-9-17(16)31-3)21-22(28-29-27-21)15-11-18(32-4)23(34-6)19(12-15)33-5/h8-13,20H,7,25H2,1-6H3,(H,26,30)(H,27,28,29)/p+1. The van der Waals surface area contributed by atoms with Gasteiger partial charge in [0.1, 0.15) is 17.1 Å². The molecule has 34 heavy (non-hydrogen) atoms. The zero-order chi connectivity index (χ0) is 24.8. The summed E-state index contributed by atoms with van der Waals surface area (Å²) in [7, 11) is 6.21. The topological polar surface area (TPSA) is 135 Å². The van der Waals surface area contributed by atoms with Crippen molar-refractivity contribution in [3.63, 3.8) is 0 Å². The summed E-state index contributed by atoms with van der Waals surface area (Å²) in [4.78, 5) is 12.8. The number of hydrogen-bond acceptors (Lipinski definition) is 7. The first-order valence-corrected chi connectivity index (χ1v) is 10.9. The van der Waals surface area contributed by atoms with Crippen LogP contribution in [0.4, 0.5) is 5.69 Å². The Kier molecular flexibility index (Phi) is 7.95. The summed E-state index contributed by atoms with van der Waals surface area (Å²) in [5, 5.41) is 14.3. The molecule has 10 nitrogen and oxygen atoms in total. The molecule has 1 amide bonds. The van der Waals surface area contributed by atoms with Crippen molar-refractivity contribution < 1.29 is 29.5 Å². The van der Waals surface area contributed by atoms with Crippen LogP contribution in [0.3, 0.4) is 0 Å². The number of carbonyl (C=O) groups excluding carboxylic acids is 1. The molecule has 5 N–H and O–H groups in total. The number of benzene rings is 2. The number of nitrogens with zero attached hydrogens (tertiary/aromatic N) is 2. The summed E-state index contributed by atoms with van der Waals surface area (Å²) >= 11 is 0. The summed E-state index contributed by atoms with van der Waals surface area (Å²) in [6.45, 7) is 4.04. The highest BCUT2D eigenvalue weighted by Gasteiger charge is 2.25. The third-order valence-corrected chi connectivity index (χ3v) is 5.88. The molecule has 0 bridgehead atoms. The molecule has 3 rings (SSSR count). The smallest absolute Gasteiger partial charge is 0.282 e. The van der Waals surface area contributed by atoms with E-state index >= 15 is 0 Å². The summed E-state index contributed by atoms with van der Waals surface area (Å²) in [5.74, 6) is 2.00. The highest BCUT2D eigenvalue weighted by atomic mass is 16.5. The maximum absolute atomic E-state index is 12.8. The van der Waals surface area contributed by atoms with Crippen molar-refractivity contribution in [2.75, 3.05) is 33.8 Å². The van der Waals surface area contributed by atoms with Crippen molar-refractivity contribution in [1.82, 2.24) is 15.4 Å². The van der Waals surface area contributed by atoms with Crippen molar-refractivity contribution in [3.8, 4) is 45.5 Å². The van der Waals surface area contributed by atoms with Crippen molar-refractivity contribution >= 4 is 11.6 Å². The number of methoxy groups -OCH3 is 4. The van der Waals surface area contributed by atoms with Crippen LogP contribution in [0.2, 0.25) is 0 Å². The third-order valence-electron chi connectivity index (χ3n) is 5.88. The number of quaternary nitrogens is 1. The Balaban J connectivity index is 2.03. The Morgan fingerprint density at radius 1 is 0.941 bits per heavy atom. The fourth-order valence-electron chi connectivity index (χ4n) is 3.57. The van der Waals surface area contributed by atoms with Gasteiger partial charge in [-0.2, -0.15) is 15.4 Å². The molecule has 10 heteroatoms. The summed E-state index contributed by atoms with van der Waals surface area (Å²) < 4.78 is 21.8. The molecule has 0 saturated heterocycles. The number of anilines is 1. The minimum Gasteiger partial charge on any atom is -0.495 e. The van der Waals surface area contributed by atoms with Crippen LogP contribution in [0, 0.1) is 5.92 Å². The molecule has 2 aromatic carbocycles. The molecule has 0 saturated carbocycles. The van der Waals surface area contributed by atoms with Crippen molar-refractivity contribution in [2.24, 2.45) is 5.92 Å². The molecule has 0 radical (unpaired) electrons. The molecular formula is C24H32N5O5+. The van der Waals surface area contributed by atoms with Crippen LogP contribution in [0.1, 0.15) is 20.3 Å². The first-order chi connectivity index (χ1) is 16.4. The molecule has 1 aromatic heterocycles. The molecule has 0 fully saturated rings. The number of amides is 1. The van der Waals surface area contributed by atoms with Gasteiger partial charge in [-0.25, -0.2) is 0 Å². The molecule has 2 unspecified atom stereocenters. The lowest BCUT2D eigenvalue weighted by Gasteiger charge is -2.17. The lowest BCUT2D eigenvalue weighted by atomic mass is 9.99. The first-order valence-electron chi connectivity index (χ1n) is 10.9. The Labute approximate surface area is 198 Å². The molecular weight excluding hydrogens is 438 g/mol. The lowest BCUT2D eigenvalue weighted by Crippen LogP contribution is -2.69. The van der Waals surface area contributed by atoms with Gasteiger partial charge in [0.2, 0.25) is 5.75 Å². The first kappa shape index (κ1) is 24.8. The van der Waals surface area contributed by atoms with Gasteiger partial charge < -0.3 is 30.0 Å². The maximum Gasteiger partial charge on any atom is 0.282 e. The number of nitrogens with one attached hydrogen (secondary N) is 2. The maximum atomic E-state index is 12.8. The highest BCUT2D eigenvalue weighted by Crippen LogP contribution is 2.42. The normalized spacial score (nSPS) is 12.6. The zero-order valence-electron chi connectivity index (χ0n) is 20.4. The van der Waals surface area contributed by atoms with Crippen LogP contribution in [0.15, 0.2) is 30.3 Å². The van der Waals surface area contributed by atoms with Crippen LogP contribution in [0.25, 0.3) is 22.5 Å². The average molecular weight is 471 g/mol. The number of aromatic nitrogens is 3. The van der Waals surface area contributed by atoms with Gasteiger partial charge in [-0.15, -0.1) is 0 Å². The van der Waals surface area contributed by atoms with E-state index in [9.17, 15) is 4.79 Å². The van der Waals surface area contributed by atoms with Crippen LogP contribution >= 0.6 is 0 Å². The van der Waals surface area contributed by atoms with Gasteiger partial charge in [-0.1, -0.05) is 13.8 Å². The Hall–Kier alpha value is -3.79. The molecule has 0 spiro atoms. The van der Waals surface area contributed by atoms with Crippen molar-refractivity contribution in [3.05, 3.63) is 30.3 Å². The molecule has 3 aromatic rings. The fraction of sp³-hybridized carbons (Fsp3) is 0.375. The highest BCUT2D eigenvalue weighted by molar-refractivity contribution is 5.96. The van der Waals surface area contributed by atoms with E-state index in [-0.39, 0.29) is 17.9 Å². The number of aromatic amines is 1. The molecule has 0 aliphatic rings. The van der Waals surface area contributed by atoms with E-state index in [2.05, 4.69) is 26.5 Å². The van der Waals surface area contributed by atoms with E-state index in [1.54, 1.807) is 52.7 Å². The van der Waals surface area contributed by atoms with Gasteiger partial charge in [0.15, 0.2) is 17.5 Å². The van der Waals surface area contributed by atoms with Crippen molar-refractivity contribution in [1.29, 1.82) is 0 Å². The Morgan fingerprint density at radius 3 is 2.06 bits per heavy atom. The predicted octanol–water partition coefficient (Wildman–Crippen LogP) is 2.77. The van der Waals surface area contributed by atoms with Crippen LogP contribution in [-0.2, 0) is 4.79 Å². The molecule has 2 atom stereocenters. The number of hydrogen-bond donors (Lipinski definition) is 3. The Morgan fingerprint density at radius 2 is 1.53 bits per heavy atom. The average Bonchev–Trinajstić information content (AvgIpc) is 3.36. The van der Waals surface area contributed by atoms with E-state index < -0.39 is 0 Å². The minimum absolute atomic E-state index is 0.149. The van der Waals surface area contributed by atoms with Gasteiger partial charge in [-0.05, 0) is 36.8 Å². The van der Waals surface area contributed by atoms with E-state index in [0.717, 1.165) is 12.0 Å². The van der Waals surface area contributed by atoms with E-state index in [1.807, 2.05) is 19.9 Å². The number of rotatable bonds is 10. The van der Waals surface area contributed by atoms with Gasteiger partial charge in [-0.3, -0.25) is 4.79 Å². The van der Waals surface area contributed by atoms with Crippen LogP contribution in [-0.4, -0.2) is 55.8 Å². The van der Waals surface area contributed by atoms with Gasteiger partial charge >= 0.3 is 0 Å². The molecule has 1 heterocycles. The second-order valence-electron chi connectivity index (χ2n) is 7.83. The molecule has 182 valence electrons. The van der Waals surface area contributed by atoms with Gasteiger partial charge in [0.25, 0.3) is 5.91 Å². The Bertz CT molecular complexity index is 1120. The summed E-state index contributed by atoms with van der Waals surface area (Å²) in [5.41, 5.74) is 7.16. The second-order valence-corrected chi connectivity index (χ2v) is 7.83. The lowest BCUT2D eigenvalue weighted by molar-refractivity contribution is -0.414. The number of ether oxygens (including phenoxy) is 4. The van der Waals surface area contributed by atoms with E-state index in [0.29, 0.717) is 45.6 Å². The number of H-pyrrole nitrogens is 1. The number of carbonyl (C=O) groups is 1. The summed E-state index contributed by atoms with van der Waals surface area (Å²) in [6, 6.07) is 8.65. The van der Waals surface area contributed by atoms with Crippen LogP contribution < -0.4 is 30.0 Å². The fourth-order valence-corrected chi connectivity index (χ4v) is 3.57. The van der Waals surface area contributed by atoms with E-state index in [1.165, 1.54) is 0 Å². The quantitative estimate of drug-likeness (QED) is 0.415. The SMILES string of the molecule is CCC(C)C([NH3+])C(=O)Nc1cc(-c2n[nH]nc2-c2cc(OC)c(OC)c(OC)c2)ccc1OC. The largest absolute Gasteiger partial charge is 0.495 e. The second kappa shape index (κ2) is 10.9. The summed E-state index contributed by atoms with van der Waals surface area (Å²) in [6.07, 6.45) is 0.857.